The summed E-state index contributed by atoms with van der Waals surface area (Å²) in [5, 5.41) is 20.2. The Kier molecular flexibility index (Phi) is 6.20. The van der Waals surface area contributed by atoms with E-state index in [1.807, 2.05) is 6.07 Å². The second kappa shape index (κ2) is 7.92. The van der Waals surface area contributed by atoms with Crippen LogP contribution in [0.5, 0.6) is 0 Å². The highest BCUT2D eigenvalue weighted by Gasteiger charge is 2.20. The summed E-state index contributed by atoms with van der Waals surface area (Å²) in [7, 11) is 0. The van der Waals surface area contributed by atoms with Crippen molar-refractivity contribution in [3.8, 4) is 6.07 Å². The molecule has 0 aromatic heterocycles. The predicted molar refractivity (Wildman–Crippen MR) is 70.9 cm³/mol. The van der Waals surface area contributed by atoms with Crippen LogP contribution in [0, 0.1) is 11.3 Å². The summed E-state index contributed by atoms with van der Waals surface area (Å²) in [6.07, 6.45) is 0.152. The fraction of sp³-hybridized carbons (Fsp3) is 0.357. The summed E-state index contributed by atoms with van der Waals surface area (Å²) < 4.78 is 4.92. The molecule has 0 fully saturated rings. The van der Waals surface area contributed by atoms with Gasteiger partial charge in [0.2, 0.25) is 5.91 Å². The molecule has 0 unspecified atom stereocenters. The van der Waals surface area contributed by atoms with E-state index in [0.29, 0.717) is 12.2 Å². The summed E-state index contributed by atoms with van der Waals surface area (Å²) in [5.74, 6) is -1.58. The highest BCUT2D eigenvalue weighted by molar-refractivity contribution is 5.84. The fourth-order valence-electron chi connectivity index (χ4n) is 1.58. The Hall–Kier alpha value is -2.39. The quantitative estimate of drug-likeness (QED) is 0.764. The number of hydrogen-bond acceptors (Lipinski definition) is 4. The Morgan fingerprint density at radius 3 is 2.55 bits per heavy atom. The summed E-state index contributed by atoms with van der Waals surface area (Å²) in [6, 6.07) is 7.52. The van der Waals surface area contributed by atoms with Gasteiger partial charge in [0.1, 0.15) is 12.6 Å². The molecular weight excluding hydrogens is 260 g/mol. The molecule has 1 amide bonds. The third-order valence-corrected chi connectivity index (χ3v) is 2.59. The monoisotopic (exact) mass is 276 g/mol. The van der Waals surface area contributed by atoms with Crippen molar-refractivity contribution in [3.63, 3.8) is 0 Å². The van der Waals surface area contributed by atoms with Gasteiger partial charge in [0.15, 0.2) is 0 Å². The van der Waals surface area contributed by atoms with Crippen molar-refractivity contribution in [1.29, 1.82) is 5.26 Å². The zero-order chi connectivity index (χ0) is 15.0. The van der Waals surface area contributed by atoms with Crippen LogP contribution in [0.2, 0.25) is 0 Å². The lowest BCUT2D eigenvalue weighted by Gasteiger charge is -2.14. The predicted octanol–water partition coefficient (Wildman–Crippen LogP) is 0.707. The summed E-state index contributed by atoms with van der Waals surface area (Å²) in [6.45, 7) is 1.98. The first-order valence-electron chi connectivity index (χ1n) is 6.15. The van der Waals surface area contributed by atoms with E-state index < -0.39 is 17.9 Å². The Bertz CT molecular complexity index is 505. The number of carbonyl (C=O) groups excluding carboxylic acids is 1. The molecule has 0 aliphatic carbocycles. The SMILES string of the molecule is CCOCC(=O)N[C@H](Cc1ccc(C#N)cc1)C(=O)O. The minimum absolute atomic E-state index is 0.152. The van der Waals surface area contributed by atoms with Gasteiger partial charge in [-0.05, 0) is 24.6 Å². The lowest BCUT2D eigenvalue weighted by molar-refractivity contribution is -0.142. The fourth-order valence-corrected chi connectivity index (χ4v) is 1.58. The largest absolute Gasteiger partial charge is 0.480 e. The van der Waals surface area contributed by atoms with Crippen LogP contribution in [0.4, 0.5) is 0 Å². The molecule has 2 N–H and O–H groups in total. The van der Waals surface area contributed by atoms with Crippen molar-refractivity contribution in [2.45, 2.75) is 19.4 Å². The molecule has 0 heterocycles. The van der Waals surface area contributed by atoms with E-state index in [9.17, 15) is 9.59 Å². The average Bonchev–Trinajstić information content (AvgIpc) is 2.45. The number of rotatable bonds is 7. The maximum Gasteiger partial charge on any atom is 0.326 e. The standard InChI is InChI=1S/C14H16N2O4/c1-2-20-9-13(17)16-12(14(18)19)7-10-3-5-11(8-15)6-4-10/h3-6,12H,2,7,9H2,1H3,(H,16,17)(H,18,19)/t12-/m1/s1. The van der Waals surface area contributed by atoms with E-state index in [0.717, 1.165) is 5.56 Å². The Morgan fingerprint density at radius 1 is 1.40 bits per heavy atom. The van der Waals surface area contributed by atoms with Gasteiger partial charge >= 0.3 is 5.97 Å². The molecule has 0 spiro atoms. The molecule has 0 saturated carbocycles. The van der Waals surface area contributed by atoms with Gasteiger partial charge in [0, 0.05) is 13.0 Å². The lowest BCUT2D eigenvalue weighted by Crippen LogP contribution is -2.43. The van der Waals surface area contributed by atoms with E-state index in [-0.39, 0.29) is 13.0 Å². The summed E-state index contributed by atoms with van der Waals surface area (Å²) in [4.78, 5) is 22.6. The van der Waals surface area contributed by atoms with Crippen molar-refractivity contribution in [2.24, 2.45) is 0 Å². The number of hydrogen-bond donors (Lipinski definition) is 2. The van der Waals surface area contributed by atoms with Crippen molar-refractivity contribution >= 4 is 11.9 Å². The molecule has 0 aliphatic rings. The number of carbonyl (C=O) groups is 2. The van der Waals surface area contributed by atoms with Gasteiger partial charge in [-0.2, -0.15) is 5.26 Å². The minimum atomic E-state index is -1.11. The molecule has 20 heavy (non-hydrogen) atoms. The molecule has 1 rings (SSSR count). The van der Waals surface area contributed by atoms with Crippen LogP contribution in [0.3, 0.4) is 0 Å². The molecule has 1 atom stereocenters. The molecule has 6 heteroatoms. The molecule has 0 bridgehead atoms. The molecule has 0 radical (unpaired) electrons. The van der Waals surface area contributed by atoms with Crippen molar-refractivity contribution in [3.05, 3.63) is 35.4 Å². The number of nitrogens with one attached hydrogen (secondary N) is 1. The van der Waals surface area contributed by atoms with Gasteiger partial charge in [0.25, 0.3) is 0 Å². The van der Waals surface area contributed by atoms with Crippen molar-refractivity contribution < 1.29 is 19.4 Å². The van der Waals surface area contributed by atoms with Gasteiger partial charge in [-0.3, -0.25) is 4.79 Å². The van der Waals surface area contributed by atoms with E-state index >= 15 is 0 Å². The van der Waals surface area contributed by atoms with E-state index in [4.69, 9.17) is 15.1 Å². The summed E-state index contributed by atoms with van der Waals surface area (Å²) >= 11 is 0. The maximum absolute atomic E-state index is 11.5. The number of aliphatic carboxylic acids is 1. The third-order valence-electron chi connectivity index (χ3n) is 2.59. The van der Waals surface area contributed by atoms with Crippen LogP contribution >= 0.6 is 0 Å². The average molecular weight is 276 g/mol. The van der Waals surface area contributed by atoms with E-state index in [1.54, 1.807) is 31.2 Å². The highest BCUT2D eigenvalue weighted by Crippen LogP contribution is 2.06. The minimum Gasteiger partial charge on any atom is -0.480 e. The van der Waals surface area contributed by atoms with E-state index in [2.05, 4.69) is 5.32 Å². The van der Waals surface area contributed by atoms with Crippen molar-refractivity contribution in [1.82, 2.24) is 5.32 Å². The van der Waals surface area contributed by atoms with E-state index in [1.165, 1.54) is 0 Å². The molecular formula is C14H16N2O4. The van der Waals surface area contributed by atoms with Gasteiger partial charge in [0.05, 0.1) is 11.6 Å². The Morgan fingerprint density at radius 2 is 2.05 bits per heavy atom. The van der Waals surface area contributed by atoms with Crippen LogP contribution < -0.4 is 5.32 Å². The molecule has 0 saturated heterocycles. The van der Waals surface area contributed by atoms with Gasteiger partial charge in [-0.15, -0.1) is 0 Å². The first kappa shape index (κ1) is 15.7. The number of amides is 1. The molecule has 6 nitrogen and oxygen atoms in total. The number of ether oxygens (including phenoxy) is 1. The summed E-state index contributed by atoms with van der Waals surface area (Å²) in [5.41, 5.74) is 1.23. The Balaban J connectivity index is 2.64. The first-order valence-corrected chi connectivity index (χ1v) is 6.15. The number of carboxylic acid groups (broad SMARTS) is 1. The highest BCUT2D eigenvalue weighted by atomic mass is 16.5. The second-order valence-electron chi connectivity index (χ2n) is 4.11. The number of nitriles is 1. The van der Waals surface area contributed by atoms with Crippen LogP contribution in [0.25, 0.3) is 0 Å². The maximum atomic E-state index is 11.5. The van der Waals surface area contributed by atoms with Crippen LogP contribution in [0.1, 0.15) is 18.1 Å². The van der Waals surface area contributed by atoms with Gasteiger partial charge in [-0.25, -0.2) is 4.79 Å². The van der Waals surface area contributed by atoms with Gasteiger partial charge < -0.3 is 15.2 Å². The first-order chi connectivity index (χ1) is 9.56. The van der Waals surface area contributed by atoms with Crippen LogP contribution in [-0.4, -0.2) is 36.2 Å². The molecule has 106 valence electrons. The molecule has 1 aromatic carbocycles. The topological polar surface area (TPSA) is 99.4 Å². The van der Waals surface area contributed by atoms with Crippen LogP contribution in [0.15, 0.2) is 24.3 Å². The number of carboxylic acids is 1. The zero-order valence-corrected chi connectivity index (χ0v) is 11.1. The van der Waals surface area contributed by atoms with Gasteiger partial charge in [-0.1, -0.05) is 12.1 Å². The number of nitrogens with zero attached hydrogens (tertiary/aromatic N) is 1. The normalized spacial score (nSPS) is 11.4. The van der Waals surface area contributed by atoms with Crippen molar-refractivity contribution in [2.75, 3.05) is 13.2 Å². The Labute approximate surface area is 117 Å². The smallest absolute Gasteiger partial charge is 0.326 e. The lowest BCUT2D eigenvalue weighted by atomic mass is 10.0. The molecule has 0 aliphatic heterocycles. The molecule has 1 aromatic rings. The number of benzene rings is 1. The second-order valence-corrected chi connectivity index (χ2v) is 4.11. The zero-order valence-electron chi connectivity index (χ0n) is 11.1. The van der Waals surface area contributed by atoms with Crippen LogP contribution in [-0.2, 0) is 20.7 Å². The third kappa shape index (κ3) is 5.08.